The maximum atomic E-state index is 13.2. The Morgan fingerprint density at radius 3 is 2.29 bits per heavy atom. The van der Waals surface area contributed by atoms with Crippen LogP contribution in [0, 0.1) is 0 Å². The minimum Gasteiger partial charge on any atom is -0.383 e. The SMILES string of the molecule is COCCN(Cc1ccccc1)C(=O)CSc1nnc(-c2ccncc2)n1Cc1ccccc1. The van der Waals surface area contributed by atoms with E-state index < -0.39 is 0 Å². The topological polar surface area (TPSA) is 73.1 Å². The summed E-state index contributed by atoms with van der Waals surface area (Å²) in [5.74, 6) is 1.05. The third kappa shape index (κ3) is 6.30. The summed E-state index contributed by atoms with van der Waals surface area (Å²) in [5, 5.41) is 9.57. The lowest BCUT2D eigenvalue weighted by atomic mass is 10.2. The number of hydrogen-bond donors (Lipinski definition) is 0. The van der Waals surface area contributed by atoms with E-state index in [2.05, 4.69) is 31.9 Å². The van der Waals surface area contributed by atoms with E-state index in [1.54, 1.807) is 19.5 Å². The normalized spacial score (nSPS) is 10.9. The van der Waals surface area contributed by atoms with Crippen molar-refractivity contribution in [1.29, 1.82) is 0 Å². The van der Waals surface area contributed by atoms with Crippen LogP contribution in [0.1, 0.15) is 11.1 Å². The van der Waals surface area contributed by atoms with Crippen LogP contribution < -0.4 is 0 Å². The van der Waals surface area contributed by atoms with Crippen LogP contribution in [-0.4, -0.2) is 56.6 Å². The average molecular weight is 474 g/mol. The van der Waals surface area contributed by atoms with E-state index in [1.165, 1.54) is 11.8 Å². The van der Waals surface area contributed by atoms with Gasteiger partial charge in [0.05, 0.1) is 18.9 Å². The van der Waals surface area contributed by atoms with Gasteiger partial charge in [-0.3, -0.25) is 14.3 Å². The molecule has 7 nitrogen and oxygen atoms in total. The van der Waals surface area contributed by atoms with Crippen LogP contribution in [0.3, 0.4) is 0 Å². The van der Waals surface area contributed by atoms with Gasteiger partial charge in [-0.1, -0.05) is 72.4 Å². The first-order valence-electron chi connectivity index (χ1n) is 11.1. The van der Waals surface area contributed by atoms with Gasteiger partial charge in [-0.15, -0.1) is 10.2 Å². The fourth-order valence-electron chi connectivity index (χ4n) is 3.53. The predicted octanol–water partition coefficient (Wildman–Crippen LogP) is 4.16. The van der Waals surface area contributed by atoms with Gasteiger partial charge in [-0.25, -0.2) is 0 Å². The number of benzene rings is 2. The first kappa shape index (κ1) is 23.7. The number of carbonyl (C=O) groups is 1. The van der Waals surface area contributed by atoms with E-state index in [1.807, 2.05) is 65.6 Å². The van der Waals surface area contributed by atoms with E-state index in [0.29, 0.717) is 31.4 Å². The van der Waals surface area contributed by atoms with Gasteiger partial charge < -0.3 is 9.64 Å². The highest BCUT2D eigenvalue weighted by Gasteiger charge is 2.19. The smallest absolute Gasteiger partial charge is 0.233 e. The van der Waals surface area contributed by atoms with Crippen molar-refractivity contribution < 1.29 is 9.53 Å². The predicted molar refractivity (Wildman–Crippen MR) is 133 cm³/mol. The van der Waals surface area contributed by atoms with Crippen LogP contribution in [-0.2, 0) is 22.6 Å². The zero-order valence-electron chi connectivity index (χ0n) is 19.1. The molecule has 2 aromatic heterocycles. The summed E-state index contributed by atoms with van der Waals surface area (Å²) in [6.45, 7) is 2.17. The van der Waals surface area contributed by atoms with Crippen LogP contribution in [0.5, 0.6) is 0 Å². The minimum atomic E-state index is 0.0330. The van der Waals surface area contributed by atoms with Crippen molar-refractivity contribution in [1.82, 2.24) is 24.6 Å². The van der Waals surface area contributed by atoms with Crippen LogP contribution >= 0.6 is 11.8 Å². The monoisotopic (exact) mass is 473 g/mol. The van der Waals surface area contributed by atoms with Crippen molar-refractivity contribution in [3.8, 4) is 11.4 Å². The molecule has 1 amide bonds. The number of ether oxygens (including phenoxy) is 1. The van der Waals surface area contributed by atoms with Gasteiger partial charge in [0.15, 0.2) is 11.0 Å². The standard InChI is InChI=1S/C26H27N5O2S/c1-33-17-16-30(18-21-8-4-2-5-9-21)24(32)20-34-26-29-28-25(23-12-14-27-15-13-23)31(26)19-22-10-6-3-7-11-22/h2-15H,16-20H2,1H3. The molecule has 0 unspecified atom stereocenters. The van der Waals surface area contributed by atoms with Gasteiger partial charge in [0, 0.05) is 38.2 Å². The summed E-state index contributed by atoms with van der Waals surface area (Å²) in [4.78, 5) is 19.1. The Bertz CT molecular complexity index is 1170. The molecule has 0 atom stereocenters. The molecule has 174 valence electrons. The van der Waals surface area contributed by atoms with Crippen molar-refractivity contribution in [2.24, 2.45) is 0 Å². The molecular weight excluding hydrogens is 446 g/mol. The number of methoxy groups -OCH3 is 1. The number of thioether (sulfide) groups is 1. The maximum absolute atomic E-state index is 13.2. The van der Waals surface area contributed by atoms with Crippen molar-refractivity contribution in [2.45, 2.75) is 18.2 Å². The molecule has 4 rings (SSSR count). The summed E-state index contributed by atoms with van der Waals surface area (Å²) in [7, 11) is 1.65. The van der Waals surface area contributed by atoms with Gasteiger partial charge in [-0.2, -0.15) is 0 Å². The zero-order chi connectivity index (χ0) is 23.6. The lowest BCUT2D eigenvalue weighted by Gasteiger charge is -2.22. The van der Waals surface area contributed by atoms with Crippen LogP contribution in [0.25, 0.3) is 11.4 Å². The van der Waals surface area contributed by atoms with Crippen LogP contribution in [0.4, 0.5) is 0 Å². The Labute approximate surface area is 203 Å². The number of pyridine rings is 1. The molecule has 4 aromatic rings. The Hall–Kier alpha value is -3.49. The molecule has 0 fully saturated rings. The lowest BCUT2D eigenvalue weighted by Crippen LogP contribution is -2.34. The average Bonchev–Trinajstić information content (AvgIpc) is 3.29. The molecule has 0 aliphatic rings. The second-order valence-electron chi connectivity index (χ2n) is 7.70. The second-order valence-corrected chi connectivity index (χ2v) is 8.64. The van der Waals surface area contributed by atoms with E-state index in [0.717, 1.165) is 22.5 Å². The molecule has 34 heavy (non-hydrogen) atoms. The molecule has 0 saturated carbocycles. The number of carbonyl (C=O) groups excluding carboxylic acids is 1. The highest BCUT2D eigenvalue weighted by Crippen LogP contribution is 2.25. The second kappa shape index (κ2) is 12.1. The Morgan fingerprint density at radius 2 is 1.62 bits per heavy atom. The highest BCUT2D eigenvalue weighted by atomic mass is 32.2. The summed E-state index contributed by atoms with van der Waals surface area (Å²) in [5.41, 5.74) is 3.16. The summed E-state index contributed by atoms with van der Waals surface area (Å²) >= 11 is 1.40. The minimum absolute atomic E-state index is 0.0330. The van der Waals surface area contributed by atoms with E-state index in [-0.39, 0.29) is 11.7 Å². The van der Waals surface area contributed by atoms with Gasteiger partial charge in [0.25, 0.3) is 0 Å². The van der Waals surface area contributed by atoms with Crippen molar-refractivity contribution in [2.75, 3.05) is 26.0 Å². The van der Waals surface area contributed by atoms with E-state index in [4.69, 9.17) is 4.74 Å². The van der Waals surface area contributed by atoms with Gasteiger partial charge >= 0.3 is 0 Å². The fraction of sp³-hybridized carbons (Fsp3) is 0.231. The molecule has 0 bridgehead atoms. The largest absolute Gasteiger partial charge is 0.383 e. The van der Waals surface area contributed by atoms with E-state index >= 15 is 0 Å². The maximum Gasteiger partial charge on any atom is 0.233 e. The molecule has 2 heterocycles. The molecule has 8 heteroatoms. The molecule has 0 aliphatic carbocycles. The third-order valence-electron chi connectivity index (χ3n) is 5.30. The summed E-state index contributed by atoms with van der Waals surface area (Å²) in [6.07, 6.45) is 3.48. The number of hydrogen-bond acceptors (Lipinski definition) is 6. The number of aromatic nitrogens is 4. The third-order valence-corrected chi connectivity index (χ3v) is 6.25. The van der Waals surface area contributed by atoms with E-state index in [9.17, 15) is 4.79 Å². The Kier molecular flexibility index (Phi) is 8.43. The van der Waals surface area contributed by atoms with Crippen molar-refractivity contribution in [3.63, 3.8) is 0 Å². The highest BCUT2D eigenvalue weighted by molar-refractivity contribution is 7.99. The summed E-state index contributed by atoms with van der Waals surface area (Å²) in [6, 6.07) is 24.0. The zero-order valence-corrected chi connectivity index (χ0v) is 19.9. The molecular formula is C26H27N5O2S. The van der Waals surface area contributed by atoms with Crippen molar-refractivity contribution in [3.05, 3.63) is 96.3 Å². The molecule has 0 aliphatic heterocycles. The number of rotatable bonds is 11. The quantitative estimate of drug-likeness (QED) is 0.305. The lowest BCUT2D eigenvalue weighted by molar-refractivity contribution is -0.129. The molecule has 0 spiro atoms. The number of nitrogens with zero attached hydrogens (tertiary/aromatic N) is 5. The summed E-state index contributed by atoms with van der Waals surface area (Å²) < 4.78 is 7.28. The Balaban J connectivity index is 1.52. The van der Waals surface area contributed by atoms with Crippen LogP contribution in [0.2, 0.25) is 0 Å². The van der Waals surface area contributed by atoms with Gasteiger partial charge in [0.2, 0.25) is 5.91 Å². The number of amides is 1. The van der Waals surface area contributed by atoms with Crippen molar-refractivity contribution >= 4 is 17.7 Å². The molecule has 2 aromatic carbocycles. The first-order valence-corrected chi connectivity index (χ1v) is 12.0. The Morgan fingerprint density at radius 1 is 0.941 bits per heavy atom. The molecule has 0 N–H and O–H groups in total. The molecule has 0 radical (unpaired) electrons. The van der Waals surface area contributed by atoms with Gasteiger partial charge in [-0.05, 0) is 23.3 Å². The molecule has 0 saturated heterocycles. The van der Waals surface area contributed by atoms with Gasteiger partial charge in [0.1, 0.15) is 0 Å². The fourth-order valence-corrected chi connectivity index (χ4v) is 4.37. The van der Waals surface area contributed by atoms with Crippen LogP contribution in [0.15, 0.2) is 90.3 Å². The first-order chi connectivity index (χ1) is 16.7.